The van der Waals surface area contributed by atoms with E-state index in [9.17, 15) is 19.2 Å². The second-order valence-corrected chi connectivity index (χ2v) is 6.27. The number of nitrogens with one attached hydrogen (secondary N) is 1. The molecule has 4 amide bonds. The largest absolute Gasteiger partial charge is 0.496 e. The van der Waals surface area contributed by atoms with Crippen molar-refractivity contribution < 1.29 is 29.0 Å². The fraction of sp³-hybridized carbons (Fsp3) is 0.412. The van der Waals surface area contributed by atoms with E-state index in [1.807, 2.05) is 6.92 Å². The summed E-state index contributed by atoms with van der Waals surface area (Å²) in [5.74, 6) is -1.76. The predicted octanol–water partition coefficient (Wildman–Crippen LogP) is 0.314. The molecule has 26 heavy (non-hydrogen) atoms. The van der Waals surface area contributed by atoms with Gasteiger partial charge in [0.25, 0.3) is 5.91 Å². The molecule has 0 aliphatic carbocycles. The lowest BCUT2D eigenvalue weighted by molar-refractivity contribution is -0.144. The molecule has 2 rings (SSSR count). The summed E-state index contributed by atoms with van der Waals surface area (Å²) >= 11 is 0. The Labute approximate surface area is 150 Å². The van der Waals surface area contributed by atoms with Crippen LogP contribution >= 0.6 is 0 Å². The van der Waals surface area contributed by atoms with Crippen LogP contribution in [-0.2, 0) is 19.9 Å². The monoisotopic (exact) mass is 363 g/mol. The van der Waals surface area contributed by atoms with Gasteiger partial charge in [-0.1, -0.05) is 6.07 Å². The maximum Gasteiger partial charge on any atom is 0.325 e. The van der Waals surface area contributed by atoms with E-state index in [1.54, 1.807) is 25.1 Å². The van der Waals surface area contributed by atoms with Crippen molar-refractivity contribution in [2.24, 2.45) is 0 Å². The van der Waals surface area contributed by atoms with Gasteiger partial charge in [-0.05, 0) is 37.1 Å². The van der Waals surface area contributed by atoms with Crippen molar-refractivity contribution in [2.75, 3.05) is 27.2 Å². The summed E-state index contributed by atoms with van der Waals surface area (Å²) < 4.78 is 5.19. The number of carbonyl (C=O) groups is 4. The molecule has 1 aliphatic rings. The highest BCUT2D eigenvalue weighted by atomic mass is 16.5. The lowest BCUT2D eigenvalue weighted by atomic mass is 9.90. The van der Waals surface area contributed by atoms with E-state index in [-0.39, 0.29) is 0 Å². The fourth-order valence-electron chi connectivity index (χ4n) is 2.77. The molecule has 0 bridgehead atoms. The van der Waals surface area contributed by atoms with Crippen LogP contribution in [0.3, 0.4) is 0 Å². The Morgan fingerprint density at radius 3 is 2.54 bits per heavy atom. The molecular formula is C17H21N3O6. The number of likely N-dealkylation sites (N-methyl/N-ethyl adjacent to an activating group) is 1. The van der Waals surface area contributed by atoms with Crippen LogP contribution < -0.4 is 10.1 Å². The van der Waals surface area contributed by atoms with Gasteiger partial charge in [0.2, 0.25) is 5.91 Å². The summed E-state index contributed by atoms with van der Waals surface area (Å²) in [5, 5.41) is 11.3. The highest BCUT2D eigenvalue weighted by molar-refractivity contribution is 6.09. The van der Waals surface area contributed by atoms with E-state index in [0.29, 0.717) is 11.3 Å². The van der Waals surface area contributed by atoms with Gasteiger partial charge in [-0.25, -0.2) is 4.79 Å². The number of rotatable bonds is 6. The number of ether oxygens (including phenoxy) is 1. The van der Waals surface area contributed by atoms with Crippen molar-refractivity contribution in [2.45, 2.75) is 19.4 Å². The summed E-state index contributed by atoms with van der Waals surface area (Å²) in [4.78, 5) is 49.6. The van der Waals surface area contributed by atoms with Crippen LogP contribution in [0.5, 0.6) is 5.75 Å². The van der Waals surface area contributed by atoms with Crippen LogP contribution in [-0.4, -0.2) is 66.0 Å². The lowest BCUT2D eigenvalue weighted by Gasteiger charge is -2.23. The second kappa shape index (κ2) is 7.03. The van der Waals surface area contributed by atoms with Crippen LogP contribution in [0.15, 0.2) is 18.2 Å². The molecule has 140 valence electrons. The summed E-state index contributed by atoms with van der Waals surface area (Å²) in [7, 11) is 2.83. The Kier molecular flexibility index (Phi) is 5.20. The maximum absolute atomic E-state index is 12.8. The van der Waals surface area contributed by atoms with Crippen molar-refractivity contribution in [1.82, 2.24) is 15.1 Å². The smallest absolute Gasteiger partial charge is 0.325 e. The molecule has 1 atom stereocenters. The number of methoxy groups -OCH3 is 1. The first-order chi connectivity index (χ1) is 12.1. The predicted molar refractivity (Wildman–Crippen MR) is 90.6 cm³/mol. The van der Waals surface area contributed by atoms with E-state index in [4.69, 9.17) is 9.84 Å². The molecular weight excluding hydrogens is 342 g/mol. The molecule has 9 nitrogen and oxygen atoms in total. The molecule has 0 spiro atoms. The zero-order valence-corrected chi connectivity index (χ0v) is 15.0. The molecule has 9 heteroatoms. The number of amides is 4. The number of urea groups is 1. The van der Waals surface area contributed by atoms with Gasteiger partial charge in [-0.3, -0.25) is 19.3 Å². The number of hydrogen-bond donors (Lipinski definition) is 2. The summed E-state index contributed by atoms with van der Waals surface area (Å²) in [6.45, 7) is 2.33. The van der Waals surface area contributed by atoms with E-state index in [1.165, 1.54) is 14.2 Å². The molecule has 0 aromatic heterocycles. The highest BCUT2D eigenvalue weighted by Gasteiger charge is 2.49. The molecule has 1 heterocycles. The van der Waals surface area contributed by atoms with Crippen LogP contribution in [0.1, 0.15) is 18.1 Å². The van der Waals surface area contributed by atoms with Crippen molar-refractivity contribution in [1.29, 1.82) is 0 Å². The first-order valence-corrected chi connectivity index (χ1v) is 7.85. The van der Waals surface area contributed by atoms with E-state index in [2.05, 4.69) is 5.32 Å². The number of carbonyl (C=O) groups excluding carboxylic acids is 3. The Morgan fingerprint density at radius 2 is 2.00 bits per heavy atom. The molecule has 0 saturated carbocycles. The first-order valence-electron chi connectivity index (χ1n) is 7.85. The standard InChI is InChI=1S/C17H21N3O6/c1-10-7-11(5-6-12(10)26-4)17(2)15(24)20(16(25)18-17)8-13(21)19(3)9-14(22)23/h5-7H,8-9H2,1-4H3,(H,18,25)(H,22,23). The van der Waals surface area contributed by atoms with E-state index < -0.39 is 42.4 Å². The number of nitrogens with zero attached hydrogens (tertiary/aromatic N) is 2. The first kappa shape index (κ1) is 19.2. The average Bonchev–Trinajstić information content (AvgIpc) is 2.78. The van der Waals surface area contributed by atoms with Gasteiger partial charge in [0.1, 0.15) is 24.4 Å². The minimum absolute atomic E-state index is 0.516. The Hall–Kier alpha value is -3.10. The number of carboxylic acids is 1. The molecule has 1 saturated heterocycles. The van der Waals surface area contributed by atoms with E-state index >= 15 is 0 Å². The number of aryl methyl sites for hydroxylation is 1. The molecule has 0 radical (unpaired) electrons. The number of aliphatic carboxylic acids is 1. The summed E-state index contributed by atoms with van der Waals surface area (Å²) in [6.07, 6.45) is 0. The van der Waals surface area contributed by atoms with Crippen LogP contribution in [0.2, 0.25) is 0 Å². The topological polar surface area (TPSA) is 116 Å². The summed E-state index contributed by atoms with van der Waals surface area (Å²) in [5.41, 5.74) is 0.0340. The van der Waals surface area contributed by atoms with Crippen LogP contribution in [0.25, 0.3) is 0 Å². The van der Waals surface area contributed by atoms with Crippen molar-refractivity contribution >= 4 is 23.8 Å². The van der Waals surface area contributed by atoms with Crippen molar-refractivity contribution in [3.05, 3.63) is 29.3 Å². The van der Waals surface area contributed by atoms with Gasteiger partial charge < -0.3 is 20.1 Å². The van der Waals surface area contributed by atoms with Gasteiger partial charge in [0.15, 0.2) is 0 Å². The van der Waals surface area contributed by atoms with Gasteiger partial charge in [-0.2, -0.15) is 0 Å². The third-order valence-corrected chi connectivity index (χ3v) is 4.34. The Bertz CT molecular complexity index is 778. The number of benzene rings is 1. The average molecular weight is 363 g/mol. The second-order valence-electron chi connectivity index (χ2n) is 6.27. The van der Waals surface area contributed by atoms with Gasteiger partial charge in [-0.15, -0.1) is 0 Å². The van der Waals surface area contributed by atoms with Gasteiger partial charge >= 0.3 is 12.0 Å². The number of carboxylic acid groups (broad SMARTS) is 1. The van der Waals surface area contributed by atoms with Crippen LogP contribution in [0.4, 0.5) is 4.79 Å². The van der Waals surface area contributed by atoms with Crippen LogP contribution in [0, 0.1) is 6.92 Å². The third kappa shape index (κ3) is 3.46. The third-order valence-electron chi connectivity index (χ3n) is 4.34. The molecule has 1 aromatic rings. The quantitative estimate of drug-likeness (QED) is 0.703. The van der Waals surface area contributed by atoms with Gasteiger partial charge in [0.05, 0.1) is 7.11 Å². The Balaban J connectivity index is 2.23. The highest BCUT2D eigenvalue weighted by Crippen LogP contribution is 2.31. The minimum Gasteiger partial charge on any atom is -0.496 e. The molecule has 1 fully saturated rings. The SMILES string of the molecule is COc1ccc(C2(C)NC(=O)N(CC(=O)N(C)CC(=O)O)C2=O)cc1C. The minimum atomic E-state index is -1.32. The number of imide groups is 1. The fourth-order valence-corrected chi connectivity index (χ4v) is 2.77. The zero-order valence-electron chi connectivity index (χ0n) is 15.0. The van der Waals surface area contributed by atoms with Crippen molar-refractivity contribution in [3.8, 4) is 5.75 Å². The number of hydrogen-bond acceptors (Lipinski definition) is 5. The van der Waals surface area contributed by atoms with Gasteiger partial charge in [0, 0.05) is 7.05 Å². The summed E-state index contributed by atoms with van der Waals surface area (Å²) in [6, 6.07) is 4.40. The maximum atomic E-state index is 12.8. The normalized spacial score (nSPS) is 19.3. The molecule has 1 unspecified atom stereocenters. The molecule has 2 N–H and O–H groups in total. The molecule has 1 aromatic carbocycles. The van der Waals surface area contributed by atoms with E-state index in [0.717, 1.165) is 15.4 Å². The Morgan fingerprint density at radius 1 is 1.35 bits per heavy atom. The molecule has 1 aliphatic heterocycles. The zero-order chi connectivity index (χ0) is 19.6. The lowest BCUT2D eigenvalue weighted by Crippen LogP contribution is -2.44. The van der Waals surface area contributed by atoms with Crippen molar-refractivity contribution in [3.63, 3.8) is 0 Å².